The molecule has 1 aromatic carbocycles. The predicted molar refractivity (Wildman–Crippen MR) is 67.2 cm³/mol. The molecule has 0 unspecified atom stereocenters. The predicted octanol–water partition coefficient (Wildman–Crippen LogP) is 1.39. The van der Waals surface area contributed by atoms with Crippen LogP contribution in [0.4, 0.5) is 8.78 Å². The van der Waals surface area contributed by atoms with E-state index in [-0.39, 0.29) is 11.4 Å². The normalized spacial score (nSPS) is 19.8. The SMILES string of the molecule is O=S(=O)(NCC[C@H]1CCCN1)c1ccc(F)c(F)c1. The van der Waals surface area contributed by atoms with Gasteiger partial charge in [0.2, 0.25) is 10.0 Å². The van der Waals surface area contributed by atoms with E-state index in [2.05, 4.69) is 10.0 Å². The summed E-state index contributed by atoms with van der Waals surface area (Å²) in [7, 11) is -3.78. The molecule has 0 aliphatic carbocycles. The summed E-state index contributed by atoms with van der Waals surface area (Å²) in [5.74, 6) is -2.23. The molecular formula is C12H16F2N2O2S. The van der Waals surface area contributed by atoms with E-state index in [0.717, 1.165) is 31.5 Å². The molecule has 1 aromatic rings. The van der Waals surface area contributed by atoms with Crippen LogP contribution in [0.5, 0.6) is 0 Å². The van der Waals surface area contributed by atoms with Crippen molar-refractivity contribution in [2.24, 2.45) is 0 Å². The lowest BCUT2D eigenvalue weighted by molar-refractivity contribution is 0.503. The van der Waals surface area contributed by atoms with Gasteiger partial charge in [0.25, 0.3) is 0 Å². The Hall–Kier alpha value is -1.05. The van der Waals surface area contributed by atoms with Crippen molar-refractivity contribution in [2.75, 3.05) is 13.1 Å². The zero-order valence-corrected chi connectivity index (χ0v) is 11.1. The van der Waals surface area contributed by atoms with Gasteiger partial charge in [-0.05, 0) is 44.0 Å². The Bertz CT molecular complexity index is 543. The third-order valence-electron chi connectivity index (χ3n) is 3.15. The summed E-state index contributed by atoms with van der Waals surface area (Å²) in [5, 5.41) is 3.25. The maximum absolute atomic E-state index is 13.0. The van der Waals surface area contributed by atoms with Crippen molar-refractivity contribution in [1.82, 2.24) is 10.0 Å². The summed E-state index contributed by atoms with van der Waals surface area (Å²) in [6, 6.07) is 2.87. The minimum Gasteiger partial charge on any atom is -0.314 e. The molecule has 1 fully saturated rings. The van der Waals surface area contributed by atoms with Gasteiger partial charge in [-0.3, -0.25) is 0 Å². The molecule has 0 spiro atoms. The highest BCUT2D eigenvalue weighted by molar-refractivity contribution is 7.89. The molecule has 7 heteroatoms. The standard InChI is InChI=1S/C12H16F2N2O2S/c13-11-4-3-10(8-12(11)14)19(17,18)16-7-5-9-2-1-6-15-9/h3-4,8-9,15-16H,1-2,5-7H2/t9-/m1/s1. The Morgan fingerprint density at radius 1 is 1.32 bits per heavy atom. The van der Waals surface area contributed by atoms with Crippen LogP contribution in [0.25, 0.3) is 0 Å². The highest BCUT2D eigenvalue weighted by Gasteiger charge is 2.18. The molecule has 0 aromatic heterocycles. The van der Waals surface area contributed by atoms with Crippen LogP contribution in [0, 0.1) is 11.6 Å². The van der Waals surface area contributed by atoms with E-state index in [4.69, 9.17) is 0 Å². The second-order valence-electron chi connectivity index (χ2n) is 4.56. The van der Waals surface area contributed by atoms with Gasteiger partial charge in [0, 0.05) is 12.6 Å². The Morgan fingerprint density at radius 3 is 2.74 bits per heavy atom. The maximum atomic E-state index is 13.0. The van der Waals surface area contributed by atoms with E-state index in [9.17, 15) is 17.2 Å². The van der Waals surface area contributed by atoms with Crippen molar-refractivity contribution in [1.29, 1.82) is 0 Å². The van der Waals surface area contributed by atoms with E-state index < -0.39 is 21.7 Å². The molecule has 1 aliphatic rings. The van der Waals surface area contributed by atoms with Gasteiger partial charge in [0.15, 0.2) is 11.6 Å². The van der Waals surface area contributed by atoms with Crippen molar-refractivity contribution >= 4 is 10.0 Å². The first kappa shape index (κ1) is 14.4. The van der Waals surface area contributed by atoms with Gasteiger partial charge in [0.05, 0.1) is 4.90 Å². The van der Waals surface area contributed by atoms with Crippen LogP contribution in [-0.2, 0) is 10.0 Å². The zero-order valence-electron chi connectivity index (χ0n) is 10.3. The number of benzene rings is 1. The molecule has 1 heterocycles. The number of rotatable bonds is 5. The van der Waals surface area contributed by atoms with Crippen LogP contribution in [0.2, 0.25) is 0 Å². The second-order valence-corrected chi connectivity index (χ2v) is 6.32. The van der Waals surface area contributed by atoms with E-state index in [1.54, 1.807) is 0 Å². The lowest BCUT2D eigenvalue weighted by atomic mass is 10.2. The molecular weight excluding hydrogens is 274 g/mol. The van der Waals surface area contributed by atoms with Gasteiger partial charge in [-0.25, -0.2) is 21.9 Å². The molecule has 19 heavy (non-hydrogen) atoms. The Balaban J connectivity index is 1.95. The maximum Gasteiger partial charge on any atom is 0.240 e. The summed E-state index contributed by atoms with van der Waals surface area (Å²) >= 11 is 0. The smallest absolute Gasteiger partial charge is 0.240 e. The third-order valence-corrected chi connectivity index (χ3v) is 4.61. The lowest BCUT2D eigenvalue weighted by Crippen LogP contribution is -2.30. The Morgan fingerprint density at radius 2 is 2.11 bits per heavy atom. The quantitative estimate of drug-likeness (QED) is 0.861. The molecule has 0 saturated carbocycles. The first-order valence-corrected chi connectivity index (χ1v) is 7.65. The largest absolute Gasteiger partial charge is 0.314 e. The van der Waals surface area contributed by atoms with Gasteiger partial charge in [-0.1, -0.05) is 0 Å². The van der Waals surface area contributed by atoms with Gasteiger partial charge >= 0.3 is 0 Å². The van der Waals surface area contributed by atoms with Crippen molar-refractivity contribution in [3.63, 3.8) is 0 Å². The number of hydrogen-bond acceptors (Lipinski definition) is 3. The number of sulfonamides is 1. The van der Waals surface area contributed by atoms with Gasteiger partial charge < -0.3 is 5.32 Å². The highest BCUT2D eigenvalue weighted by atomic mass is 32.2. The lowest BCUT2D eigenvalue weighted by Gasteiger charge is -2.11. The van der Waals surface area contributed by atoms with E-state index in [1.807, 2.05) is 0 Å². The molecule has 1 aliphatic heterocycles. The summed E-state index contributed by atoms with van der Waals surface area (Å²) in [6.07, 6.45) is 2.82. The average molecular weight is 290 g/mol. The molecule has 1 atom stereocenters. The highest BCUT2D eigenvalue weighted by Crippen LogP contribution is 2.14. The third kappa shape index (κ3) is 3.71. The topological polar surface area (TPSA) is 58.2 Å². The fourth-order valence-electron chi connectivity index (χ4n) is 2.10. The molecule has 0 radical (unpaired) electrons. The summed E-state index contributed by atoms with van der Waals surface area (Å²) < 4.78 is 51.8. The van der Waals surface area contributed by atoms with E-state index >= 15 is 0 Å². The Labute approximate surface area is 111 Å². The minimum atomic E-state index is -3.78. The van der Waals surface area contributed by atoms with Crippen LogP contribution in [0.3, 0.4) is 0 Å². The molecule has 1 saturated heterocycles. The monoisotopic (exact) mass is 290 g/mol. The molecule has 2 N–H and O–H groups in total. The minimum absolute atomic E-state index is 0.259. The first-order valence-electron chi connectivity index (χ1n) is 6.17. The van der Waals surface area contributed by atoms with E-state index in [0.29, 0.717) is 18.5 Å². The number of halogens is 2. The zero-order chi connectivity index (χ0) is 13.9. The van der Waals surface area contributed by atoms with Gasteiger partial charge in [-0.2, -0.15) is 0 Å². The van der Waals surface area contributed by atoms with Crippen LogP contribution in [0.1, 0.15) is 19.3 Å². The average Bonchev–Trinajstić information content (AvgIpc) is 2.85. The summed E-state index contributed by atoms with van der Waals surface area (Å²) in [4.78, 5) is -0.259. The summed E-state index contributed by atoms with van der Waals surface area (Å²) in [6.45, 7) is 1.24. The van der Waals surface area contributed by atoms with E-state index in [1.165, 1.54) is 0 Å². The molecule has 2 rings (SSSR count). The fraction of sp³-hybridized carbons (Fsp3) is 0.500. The van der Waals surface area contributed by atoms with Crippen LogP contribution in [-0.4, -0.2) is 27.5 Å². The summed E-state index contributed by atoms with van der Waals surface area (Å²) in [5.41, 5.74) is 0. The van der Waals surface area contributed by atoms with Gasteiger partial charge in [-0.15, -0.1) is 0 Å². The molecule has 4 nitrogen and oxygen atoms in total. The number of nitrogens with one attached hydrogen (secondary N) is 2. The van der Waals surface area contributed by atoms with Crippen molar-refractivity contribution in [2.45, 2.75) is 30.2 Å². The van der Waals surface area contributed by atoms with Crippen LogP contribution < -0.4 is 10.0 Å². The second kappa shape index (κ2) is 5.94. The van der Waals surface area contributed by atoms with Crippen LogP contribution >= 0.6 is 0 Å². The first-order chi connectivity index (χ1) is 8.99. The molecule has 0 amide bonds. The fourth-order valence-corrected chi connectivity index (χ4v) is 3.16. The van der Waals surface area contributed by atoms with Crippen LogP contribution in [0.15, 0.2) is 23.1 Å². The molecule has 106 valence electrons. The van der Waals surface area contributed by atoms with Crippen molar-refractivity contribution < 1.29 is 17.2 Å². The van der Waals surface area contributed by atoms with Crippen molar-refractivity contribution in [3.8, 4) is 0 Å². The Kier molecular flexibility index (Phi) is 4.49. The van der Waals surface area contributed by atoms with Crippen molar-refractivity contribution in [3.05, 3.63) is 29.8 Å². The molecule has 0 bridgehead atoms. The van der Waals surface area contributed by atoms with Gasteiger partial charge in [0.1, 0.15) is 0 Å². The number of hydrogen-bond donors (Lipinski definition) is 2.